The van der Waals surface area contributed by atoms with Crippen molar-refractivity contribution in [1.29, 1.82) is 0 Å². The van der Waals surface area contributed by atoms with E-state index in [4.69, 9.17) is 4.74 Å². The van der Waals surface area contributed by atoms with E-state index < -0.39 is 54.5 Å². The predicted molar refractivity (Wildman–Crippen MR) is 126 cm³/mol. The highest BCUT2D eigenvalue weighted by molar-refractivity contribution is 6.09. The van der Waals surface area contributed by atoms with Gasteiger partial charge in [0.2, 0.25) is 11.8 Å². The molecular formula is C28H21FN2O5. The SMILES string of the molecule is O=C(COC(=O)CN1C(=O)[C@@H]2C3c4ccccc4C(c4ccccc43)[C@H]2C1=O)Nc1ccc(F)cc1. The molecule has 1 heterocycles. The van der Waals surface area contributed by atoms with E-state index in [0.29, 0.717) is 5.69 Å². The summed E-state index contributed by atoms with van der Waals surface area (Å²) >= 11 is 0. The van der Waals surface area contributed by atoms with Crippen LogP contribution in [0.2, 0.25) is 0 Å². The van der Waals surface area contributed by atoms with Gasteiger partial charge in [-0.3, -0.25) is 24.1 Å². The Labute approximate surface area is 205 Å². The van der Waals surface area contributed by atoms with Crippen molar-refractivity contribution < 1.29 is 28.3 Å². The molecule has 1 N–H and O–H groups in total. The van der Waals surface area contributed by atoms with E-state index in [-0.39, 0.29) is 11.8 Å². The molecule has 0 aromatic heterocycles. The van der Waals surface area contributed by atoms with Crippen LogP contribution in [-0.4, -0.2) is 41.7 Å². The molecule has 3 aromatic rings. The minimum Gasteiger partial charge on any atom is -0.454 e. The lowest BCUT2D eigenvalue weighted by Gasteiger charge is -2.45. The summed E-state index contributed by atoms with van der Waals surface area (Å²) in [5, 5.41) is 2.49. The summed E-state index contributed by atoms with van der Waals surface area (Å²) in [7, 11) is 0. The second-order valence-electron chi connectivity index (χ2n) is 9.24. The highest BCUT2D eigenvalue weighted by Crippen LogP contribution is 2.60. The first-order valence-electron chi connectivity index (χ1n) is 11.7. The molecule has 7 rings (SSSR count). The van der Waals surface area contributed by atoms with Gasteiger partial charge in [-0.25, -0.2) is 4.39 Å². The molecule has 36 heavy (non-hydrogen) atoms. The number of anilines is 1. The van der Waals surface area contributed by atoms with Crippen LogP contribution in [0.5, 0.6) is 0 Å². The number of benzene rings is 3. The topological polar surface area (TPSA) is 92.8 Å². The molecule has 3 amide bonds. The number of amides is 3. The fourth-order valence-corrected chi connectivity index (χ4v) is 5.95. The Balaban J connectivity index is 1.18. The van der Waals surface area contributed by atoms with E-state index in [0.717, 1.165) is 27.2 Å². The summed E-state index contributed by atoms with van der Waals surface area (Å²) in [6.45, 7) is -1.15. The van der Waals surface area contributed by atoms with Crippen LogP contribution in [0.1, 0.15) is 34.1 Å². The molecule has 8 heteroatoms. The van der Waals surface area contributed by atoms with Crippen LogP contribution in [0, 0.1) is 17.7 Å². The number of carbonyl (C=O) groups excluding carboxylic acids is 4. The Morgan fingerprint density at radius 3 is 1.72 bits per heavy atom. The van der Waals surface area contributed by atoms with Gasteiger partial charge >= 0.3 is 5.97 Å². The molecule has 1 aliphatic heterocycles. The van der Waals surface area contributed by atoms with Crippen molar-refractivity contribution in [3.05, 3.63) is 101 Å². The van der Waals surface area contributed by atoms with Gasteiger partial charge in [-0.2, -0.15) is 0 Å². The molecule has 4 aliphatic rings. The summed E-state index contributed by atoms with van der Waals surface area (Å²) in [5.41, 5.74) is 4.54. The van der Waals surface area contributed by atoms with E-state index in [9.17, 15) is 23.6 Å². The largest absolute Gasteiger partial charge is 0.454 e. The molecule has 0 spiro atoms. The number of likely N-dealkylation sites (tertiary alicyclic amines) is 1. The van der Waals surface area contributed by atoms with Gasteiger partial charge in [-0.15, -0.1) is 0 Å². The van der Waals surface area contributed by atoms with Crippen LogP contribution in [0.15, 0.2) is 72.8 Å². The first-order valence-corrected chi connectivity index (χ1v) is 11.7. The quantitative estimate of drug-likeness (QED) is 0.444. The van der Waals surface area contributed by atoms with Crippen LogP contribution in [0.4, 0.5) is 10.1 Å². The summed E-state index contributed by atoms with van der Waals surface area (Å²) in [6, 6.07) is 20.9. The van der Waals surface area contributed by atoms with Crippen LogP contribution >= 0.6 is 0 Å². The van der Waals surface area contributed by atoms with Gasteiger partial charge in [0.05, 0.1) is 11.8 Å². The number of hydrogen-bond acceptors (Lipinski definition) is 5. The molecule has 0 saturated carbocycles. The molecular weight excluding hydrogens is 463 g/mol. The third kappa shape index (κ3) is 3.40. The monoisotopic (exact) mass is 484 g/mol. The molecule has 1 fully saturated rings. The van der Waals surface area contributed by atoms with Gasteiger partial charge in [-0.05, 0) is 46.5 Å². The third-order valence-corrected chi connectivity index (χ3v) is 7.32. The van der Waals surface area contributed by atoms with E-state index in [1.54, 1.807) is 0 Å². The second kappa shape index (κ2) is 8.41. The lowest BCUT2D eigenvalue weighted by atomic mass is 9.55. The maximum atomic E-state index is 13.5. The third-order valence-electron chi connectivity index (χ3n) is 7.32. The van der Waals surface area contributed by atoms with E-state index in [1.807, 2.05) is 48.5 Å². The lowest BCUT2D eigenvalue weighted by molar-refractivity contribution is -0.154. The van der Waals surface area contributed by atoms with Gasteiger partial charge in [0, 0.05) is 17.5 Å². The van der Waals surface area contributed by atoms with E-state index >= 15 is 0 Å². The first kappa shape index (κ1) is 22.2. The zero-order valence-corrected chi connectivity index (χ0v) is 19.0. The van der Waals surface area contributed by atoms with Crippen molar-refractivity contribution in [3.63, 3.8) is 0 Å². The van der Waals surface area contributed by atoms with Gasteiger partial charge in [0.15, 0.2) is 6.61 Å². The second-order valence-corrected chi connectivity index (χ2v) is 9.24. The molecule has 0 unspecified atom stereocenters. The van der Waals surface area contributed by atoms with Crippen molar-refractivity contribution in [2.75, 3.05) is 18.5 Å². The Morgan fingerprint density at radius 1 is 0.778 bits per heavy atom. The molecule has 3 aliphatic carbocycles. The number of nitrogens with zero attached hydrogens (tertiary/aromatic N) is 1. The number of esters is 1. The Morgan fingerprint density at radius 2 is 1.25 bits per heavy atom. The normalized spacial score (nSPS) is 23.1. The molecule has 1 saturated heterocycles. The van der Waals surface area contributed by atoms with Crippen LogP contribution in [0.3, 0.4) is 0 Å². The smallest absolute Gasteiger partial charge is 0.326 e. The number of hydrogen-bond donors (Lipinski definition) is 1. The fraction of sp³-hybridized carbons (Fsp3) is 0.214. The van der Waals surface area contributed by atoms with Crippen molar-refractivity contribution in [2.45, 2.75) is 11.8 Å². The summed E-state index contributed by atoms with van der Waals surface area (Å²) in [5.74, 6) is -4.38. The van der Waals surface area contributed by atoms with Crippen LogP contribution < -0.4 is 5.32 Å². The van der Waals surface area contributed by atoms with Gasteiger partial charge in [0.25, 0.3) is 5.91 Å². The predicted octanol–water partition coefficient (Wildman–Crippen LogP) is 3.20. The van der Waals surface area contributed by atoms with Crippen molar-refractivity contribution in [2.24, 2.45) is 11.8 Å². The first-order chi connectivity index (χ1) is 17.4. The lowest BCUT2D eigenvalue weighted by Crippen LogP contribution is -2.41. The van der Waals surface area contributed by atoms with Crippen molar-refractivity contribution in [1.82, 2.24) is 4.90 Å². The molecule has 3 aromatic carbocycles. The Kier molecular flexibility index (Phi) is 5.17. The Bertz CT molecular complexity index is 1300. The number of halogens is 1. The average molecular weight is 484 g/mol. The molecule has 180 valence electrons. The number of ether oxygens (including phenoxy) is 1. The maximum absolute atomic E-state index is 13.5. The Hall–Kier alpha value is -4.33. The zero-order chi connectivity index (χ0) is 25.0. The standard InChI is InChI=1S/C28H21FN2O5/c29-15-9-11-16(12-10-15)30-21(32)14-36-22(33)13-31-27(34)25-23-17-5-1-2-6-18(17)24(26(25)28(31)35)20-8-4-3-7-19(20)23/h1-12,23-26H,13-14H2,(H,30,32)/t23?,24?,25-,26-/m1/s1. The zero-order valence-electron chi connectivity index (χ0n) is 19.0. The molecule has 2 atom stereocenters. The van der Waals surface area contributed by atoms with Gasteiger partial charge < -0.3 is 10.1 Å². The van der Waals surface area contributed by atoms with Crippen molar-refractivity contribution >= 4 is 29.4 Å². The highest BCUT2D eigenvalue weighted by atomic mass is 19.1. The van der Waals surface area contributed by atoms with Gasteiger partial charge in [-0.1, -0.05) is 48.5 Å². The average Bonchev–Trinajstić information content (AvgIpc) is 3.14. The maximum Gasteiger partial charge on any atom is 0.326 e. The van der Waals surface area contributed by atoms with E-state index in [1.165, 1.54) is 24.3 Å². The van der Waals surface area contributed by atoms with Crippen LogP contribution in [0.25, 0.3) is 0 Å². The molecule has 0 radical (unpaired) electrons. The van der Waals surface area contributed by atoms with E-state index in [2.05, 4.69) is 5.32 Å². The molecule has 7 nitrogen and oxygen atoms in total. The van der Waals surface area contributed by atoms with Gasteiger partial charge in [0.1, 0.15) is 12.4 Å². The van der Waals surface area contributed by atoms with Crippen LogP contribution in [-0.2, 0) is 23.9 Å². The highest BCUT2D eigenvalue weighted by Gasteiger charge is 2.61. The summed E-state index contributed by atoms with van der Waals surface area (Å²) in [4.78, 5) is 52.6. The number of nitrogens with one attached hydrogen (secondary N) is 1. The summed E-state index contributed by atoms with van der Waals surface area (Å²) in [6.07, 6.45) is 0. The summed E-state index contributed by atoms with van der Waals surface area (Å²) < 4.78 is 18.0. The minimum atomic E-state index is -0.855. The minimum absolute atomic E-state index is 0.258. The number of rotatable bonds is 5. The van der Waals surface area contributed by atoms with Crippen molar-refractivity contribution in [3.8, 4) is 0 Å². The fourth-order valence-electron chi connectivity index (χ4n) is 5.95. The molecule has 2 bridgehead atoms. The number of carbonyl (C=O) groups is 4. The number of imide groups is 1.